The lowest BCUT2D eigenvalue weighted by Gasteiger charge is -2.38. The third kappa shape index (κ3) is 11.0. The number of rotatable bonds is 16. The summed E-state index contributed by atoms with van der Waals surface area (Å²) in [6.45, 7) is 9.00. The third-order valence-corrected chi connectivity index (χ3v) is 11.0. The number of allylic oxidation sites excluding steroid dienone is 2. The van der Waals surface area contributed by atoms with Gasteiger partial charge in [0, 0.05) is 61.5 Å². The second-order valence-electron chi connectivity index (χ2n) is 14.9. The molecule has 5 aromatic rings. The molecule has 12 nitrogen and oxygen atoms in total. The monoisotopic (exact) mass is 820 g/mol. The Labute approximate surface area is 350 Å². The normalized spacial score (nSPS) is 18.2. The minimum absolute atomic E-state index is 0.00751. The predicted octanol–water partition coefficient (Wildman–Crippen LogP) is 6.68. The molecule has 316 valence electrons. The Hall–Kier alpha value is -5.88. The van der Waals surface area contributed by atoms with Gasteiger partial charge in [-0.05, 0) is 67.3 Å². The SMILES string of the molecule is C#CC/C=C(\C=C/COC[C@@H]1CO[C@@](Cn2cncn2)(c2ccc(F)cc2F)C1)N1CCN(c2ccc(-n3cnn(C(CC)CC)c3=O)cc2)CC1.OCc1ccccc1. The van der Waals surface area contributed by atoms with Crippen LogP contribution in [0.2, 0.25) is 0 Å². The van der Waals surface area contributed by atoms with Crippen molar-refractivity contribution in [2.75, 3.05) is 50.9 Å². The quantitative estimate of drug-likeness (QED) is 0.0662. The number of benzene rings is 3. The second kappa shape index (κ2) is 21.4. The molecule has 0 bridgehead atoms. The molecule has 7 rings (SSSR count). The Morgan fingerprint density at radius 2 is 1.77 bits per heavy atom. The molecular weight excluding hydrogens is 767 g/mol. The van der Waals surface area contributed by atoms with E-state index in [1.807, 2.05) is 48.5 Å². The Bertz CT molecular complexity index is 2240. The van der Waals surface area contributed by atoms with Gasteiger partial charge in [0.1, 0.15) is 36.2 Å². The first-order valence-electron chi connectivity index (χ1n) is 20.5. The highest BCUT2D eigenvalue weighted by Crippen LogP contribution is 2.42. The first-order valence-corrected chi connectivity index (χ1v) is 20.5. The van der Waals surface area contributed by atoms with Crippen LogP contribution in [0.3, 0.4) is 0 Å². The fourth-order valence-electron chi connectivity index (χ4n) is 7.73. The van der Waals surface area contributed by atoms with E-state index in [1.54, 1.807) is 26.6 Å². The van der Waals surface area contributed by atoms with E-state index in [2.05, 4.69) is 69.0 Å². The molecule has 2 aliphatic heterocycles. The summed E-state index contributed by atoms with van der Waals surface area (Å²) in [5.74, 6) is 1.43. The molecule has 2 fully saturated rings. The van der Waals surface area contributed by atoms with Crippen molar-refractivity contribution in [3.8, 4) is 18.0 Å². The molecule has 0 aliphatic carbocycles. The predicted molar refractivity (Wildman–Crippen MR) is 227 cm³/mol. The first-order chi connectivity index (χ1) is 29.3. The van der Waals surface area contributed by atoms with Crippen molar-refractivity contribution in [1.29, 1.82) is 0 Å². The standard InChI is InChI=1S/C39H46F2N8O3.C7H8O/c1-4-7-9-33(45-17-19-46(20-18-45)34-12-14-35(15-13-34)48-29-44-49(38(48)50)32(5-2)6-3)10-8-21-51-24-30-23-39(52-25-30,26-47-28-42-27-43-47)36-16-11-31(40)22-37(36)41;8-6-7-4-2-1-3-5-7/h1,8-16,22,27-30,32H,5-7,17-21,23-26H2,2-3H3;1-5,8H,6H2/b10-8-,33-9+;/t30-,39+;/m1./s1. The van der Waals surface area contributed by atoms with Gasteiger partial charge < -0.3 is 24.4 Å². The maximum atomic E-state index is 15.0. The highest BCUT2D eigenvalue weighted by Gasteiger charge is 2.44. The third-order valence-electron chi connectivity index (χ3n) is 11.0. The molecule has 0 spiro atoms. The maximum Gasteiger partial charge on any atom is 0.350 e. The zero-order valence-electron chi connectivity index (χ0n) is 34.3. The van der Waals surface area contributed by atoms with Crippen molar-refractivity contribution in [3.63, 3.8) is 0 Å². The van der Waals surface area contributed by atoms with Crippen molar-refractivity contribution in [2.24, 2.45) is 5.92 Å². The Morgan fingerprint density at radius 3 is 2.42 bits per heavy atom. The number of piperazine rings is 1. The molecule has 2 saturated heterocycles. The smallest absolute Gasteiger partial charge is 0.350 e. The zero-order chi connectivity index (χ0) is 42.3. The summed E-state index contributed by atoms with van der Waals surface area (Å²) in [6.07, 6.45) is 19.0. The van der Waals surface area contributed by atoms with Crippen LogP contribution in [0.25, 0.3) is 5.69 Å². The van der Waals surface area contributed by atoms with Gasteiger partial charge in [0.2, 0.25) is 0 Å². The zero-order valence-corrected chi connectivity index (χ0v) is 34.3. The van der Waals surface area contributed by atoms with Crippen molar-refractivity contribution in [3.05, 3.63) is 149 Å². The van der Waals surface area contributed by atoms with Crippen molar-refractivity contribution < 1.29 is 23.4 Å². The van der Waals surface area contributed by atoms with Gasteiger partial charge in [0.25, 0.3) is 0 Å². The topological polar surface area (TPSA) is 116 Å². The molecule has 0 amide bonds. The Morgan fingerprint density at radius 1 is 1.02 bits per heavy atom. The average Bonchev–Trinajstić information content (AvgIpc) is 4.04. The van der Waals surface area contributed by atoms with Crippen LogP contribution in [0, 0.1) is 29.9 Å². The fourth-order valence-corrected chi connectivity index (χ4v) is 7.73. The summed E-state index contributed by atoms with van der Waals surface area (Å²) < 4.78 is 45.8. The molecule has 2 atom stereocenters. The molecule has 14 heteroatoms. The van der Waals surface area contributed by atoms with E-state index in [-0.39, 0.29) is 30.8 Å². The fraction of sp³-hybridized carbons (Fsp3) is 0.391. The van der Waals surface area contributed by atoms with Gasteiger partial charge in [0.15, 0.2) is 0 Å². The summed E-state index contributed by atoms with van der Waals surface area (Å²) in [5.41, 5.74) is 3.08. The second-order valence-corrected chi connectivity index (χ2v) is 14.9. The lowest BCUT2D eigenvalue weighted by atomic mass is 9.87. The highest BCUT2D eigenvalue weighted by atomic mass is 19.1. The number of hydrogen-bond acceptors (Lipinski definition) is 9. The van der Waals surface area contributed by atoms with Crippen LogP contribution in [0.1, 0.15) is 56.7 Å². The number of halogens is 2. The lowest BCUT2D eigenvalue weighted by molar-refractivity contribution is -0.0210. The molecule has 4 heterocycles. The van der Waals surface area contributed by atoms with Crippen LogP contribution >= 0.6 is 0 Å². The molecule has 0 radical (unpaired) electrons. The maximum absolute atomic E-state index is 15.0. The van der Waals surface area contributed by atoms with Crippen LogP contribution in [0.5, 0.6) is 0 Å². The van der Waals surface area contributed by atoms with Gasteiger partial charge in [-0.15, -0.1) is 12.3 Å². The van der Waals surface area contributed by atoms with Crippen LogP contribution in [-0.4, -0.2) is 85.1 Å². The molecular formula is C46H54F2N8O4. The van der Waals surface area contributed by atoms with E-state index in [1.165, 1.54) is 18.5 Å². The van der Waals surface area contributed by atoms with Crippen LogP contribution in [0.15, 0.2) is 120 Å². The van der Waals surface area contributed by atoms with Gasteiger partial charge in [-0.3, -0.25) is 0 Å². The summed E-state index contributed by atoms with van der Waals surface area (Å²) in [4.78, 5) is 21.7. The minimum Gasteiger partial charge on any atom is -0.392 e. The van der Waals surface area contributed by atoms with Crippen LogP contribution in [0.4, 0.5) is 14.5 Å². The number of hydrogen-bond donors (Lipinski definition) is 1. The van der Waals surface area contributed by atoms with Crippen LogP contribution in [-0.2, 0) is 28.2 Å². The van der Waals surface area contributed by atoms with Crippen molar-refractivity contribution in [2.45, 2.75) is 64.3 Å². The minimum atomic E-state index is -1.01. The molecule has 60 heavy (non-hydrogen) atoms. The summed E-state index contributed by atoms with van der Waals surface area (Å²) in [6, 6.07) is 21.3. The average molecular weight is 821 g/mol. The molecule has 2 aromatic heterocycles. The van der Waals surface area contributed by atoms with Gasteiger partial charge in [-0.25, -0.2) is 32.5 Å². The van der Waals surface area contributed by atoms with E-state index in [9.17, 15) is 13.6 Å². The van der Waals surface area contributed by atoms with E-state index in [0.717, 1.165) is 67.7 Å². The number of ether oxygens (including phenoxy) is 2. The van der Waals surface area contributed by atoms with Gasteiger partial charge in [-0.2, -0.15) is 10.2 Å². The number of aromatic nitrogens is 6. The van der Waals surface area contributed by atoms with E-state index < -0.39 is 17.2 Å². The van der Waals surface area contributed by atoms with Gasteiger partial charge in [0.05, 0.1) is 44.7 Å². The number of aliphatic hydroxyl groups excluding tert-OH is 1. The first kappa shape index (κ1) is 43.7. The largest absolute Gasteiger partial charge is 0.392 e. The van der Waals surface area contributed by atoms with Crippen LogP contribution < -0.4 is 10.6 Å². The molecule has 1 N–H and O–H groups in total. The molecule has 0 unspecified atom stereocenters. The number of aliphatic hydroxyl groups is 1. The van der Waals surface area contributed by atoms with E-state index >= 15 is 0 Å². The summed E-state index contributed by atoms with van der Waals surface area (Å²) in [7, 11) is 0. The van der Waals surface area contributed by atoms with Crippen molar-refractivity contribution >= 4 is 5.69 Å². The van der Waals surface area contributed by atoms with Gasteiger partial charge in [-0.1, -0.05) is 56.3 Å². The Balaban J connectivity index is 0.000000676. The molecule has 3 aromatic carbocycles. The summed E-state index contributed by atoms with van der Waals surface area (Å²) >= 11 is 0. The number of nitrogens with zero attached hydrogens (tertiary/aromatic N) is 8. The molecule has 2 aliphatic rings. The summed E-state index contributed by atoms with van der Waals surface area (Å²) in [5, 5.41) is 17.1. The lowest BCUT2D eigenvalue weighted by Crippen LogP contribution is -2.45. The van der Waals surface area contributed by atoms with Crippen molar-refractivity contribution in [1.82, 2.24) is 34.0 Å². The number of terminal acetylenes is 1. The Kier molecular flexibility index (Phi) is 15.6. The van der Waals surface area contributed by atoms with Gasteiger partial charge >= 0.3 is 5.69 Å². The highest BCUT2D eigenvalue weighted by molar-refractivity contribution is 5.51. The van der Waals surface area contributed by atoms with E-state index in [4.69, 9.17) is 21.0 Å². The van der Waals surface area contributed by atoms with E-state index in [0.29, 0.717) is 38.2 Å². The molecule has 0 saturated carbocycles. The number of anilines is 1.